The Labute approximate surface area is 98.8 Å². The number of carbonyl (C=O) groups is 1. The van der Waals surface area contributed by atoms with E-state index >= 15 is 0 Å². The molecule has 0 aliphatic heterocycles. The van der Waals surface area contributed by atoms with Crippen LogP contribution in [0.15, 0.2) is 23.6 Å². The largest absolute Gasteiger partial charge is 0.465 e. The maximum Gasteiger partial charge on any atom is 0.326 e. The fraction of sp³-hybridized carbons (Fsp3) is 0.500. The van der Waals surface area contributed by atoms with E-state index in [4.69, 9.17) is 10.5 Å². The minimum atomic E-state index is -1.01. The highest BCUT2D eigenvalue weighted by Crippen LogP contribution is 2.17. The van der Waals surface area contributed by atoms with Gasteiger partial charge in [-0.1, -0.05) is 11.8 Å². The van der Waals surface area contributed by atoms with Gasteiger partial charge in [-0.25, -0.2) is 9.97 Å². The van der Waals surface area contributed by atoms with Crippen LogP contribution in [-0.2, 0) is 9.53 Å². The smallest absolute Gasteiger partial charge is 0.326 e. The van der Waals surface area contributed by atoms with Gasteiger partial charge in [-0.05, 0) is 19.9 Å². The van der Waals surface area contributed by atoms with Crippen molar-refractivity contribution in [2.75, 3.05) is 12.4 Å². The second-order valence-corrected chi connectivity index (χ2v) is 4.40. The lowest BCUT2D eigenvalue weighted by molar-refractivity contribution is -0.148. The molecule has 1 unspecified atom stereocenters. The van der Waals surface area contributed by atoms with Gasteiger partial charge in [-0.15, -0.1) is 0 Å². The maximum absolute atomic E-state index is 11.5. The van der Waals surface area contributed by atoms with Gasteiger partial charge < -0.3 is 10.5 Å². The number of rotatable bonds is 5. The maximum atomic E-state index is 11.5. The lowest BCUT2D eigenvalue weighted by Gasteiger charge is -2.20. The Bertz CT molecular complexity index is 343. The Kier molecular flexibility index (Phi) is 4.70. The Hall–Kier alpha value is -1.14. The van der Waals surface area contributed by atoms with E-state index in [0.29, 0.717) is 17.5 Å². The van der Waals surface area contributed by atoms with Crippen molar-refractivity contribution in [1.29, 1.82) is 0 Å². The van der Waals surface area contributed by atoms with Crippen LogP contribution in [0.1, 0.15) is 13.8 Å². The van der Waals surface area contributed by atoms with Gasteiger partial charge in [-0.3, -0.25) is 4.79 Å². The topological polar surface area (TPSA) is 78.1 Å². The number of nitrogens with zero attached hydrogens (tertiary/aromatic N) is 2. The quantitative estimate of drug-likeness (QED) is 0.468. The average molecular weight is 241 g/mol. The predicted octanol–water partition coefficient (Wildman–Crippen LogP) is 0.849. The van der Waals surface area contributed by atoms with E-state index in [-0.39, 0.29) is 0 Å². The molecule has 0 radical (unpaired) electrons. The SMILES string of the molecule is CCOC(=O)C(C)(N)CSc1ncccn1. The predicted molar refractivity (Wildman–Crippen MR) is 62.0 cm³/mol. The van der Waals surface area contributed by atoms with Crippen molar-refractivity contribution in [2.24, 2.45) is 5.73 Å². The molecule has 0 spiro atoms. The van der Waals surface area contributed by atoms with E-state index in [9.17, 15) is 4.79 Å². The number of esters is 1. The van der Waals surface area contributed by atoms with Gasteiger partial charge >= 0.3 is 5.97 Å². The fourth-order valence-corrected chi connectivity index (χ4v) is 1.75. The second kappa shape index (κ2) is 5.81. The molecule has 5 nitrogen and oxygen atoms in total. The van der Waals surface area contributed by atoms with Crippen LogP contribution in [0.2, 0.25) is 0 Å². The van der Waals surface area contributed by atoms with Crippen molar-refractivity contribution in [1.82, 2.24) is 9.97 Å². The Morgan fingerprint density at radius 2 is 2.19 bits per heavy atom. The molecule has 1 aromatic rings. The molecule has 6 heteroatoms. The molecule has 2 N–H and O–H groups in total. The van der Waals surface area contributed by atoms with Crippen LogP contribution in [0, 0.1) is 0 Å². The second-order valence-electron chi connectivity index (χ2n) is 3.46. The summed E-state index contributed by atoms with van der Waals surface area (Å²) in [7, 11) is 0. The molecule has 0 aliphatic carbocycles. The Morgan fingerprint density at radius 1 is 1.56 bits per heavy atom. The molecule has 16 heavy (non-hydrogen) atoms. The van der Waals surface area contributed by atoms with Gasteiger partial charge in [-0.2, -0.15) is 0 Å². The normalized spacial score (nSPS) is 14.2. The summed E-state index contributed by atoms with van der Waals surface area (Å²) in [6, 6.07) is 1.73. The van der Waals surface area contributed by atoms with E-state index in [1.807, 2.05) is 0 Å². The highest BCUT2D eigenvalue weighted by molar-refractivity contribution is 7.99. The zero-order chi connectivity index (χ0) is 12.0. The van der Waals surface area contributed by atoms with Crippen molar-refractivity contribution < 1.29 is 9.53 Å². The minimum absolute atomic E-state index is 0.331. The van der Waals surface area contributed by atoms with Gasteiger partial charge in [0.1, 0.15) is 5.54 Å². The summed E-state index contributed by atoms with van der Waals surface area (Å²) < 4.78 is 4.88. The van der Waals surface area contributed by atoms with Gasteiger partial charge in [0.2, 0.25) is 0 Å². The van der Waals surface area contributed by atoms with Crippen LogP contribution in [0.25, 0.3) is 0 Å². The molecular weight excluding hydrogens is 226 g/mol. The van der Waals surface area contributed by atoms with E-state index in [0.717, 1.165) is 0 Å². The summed E-state index contributed by atoms with van der Waals surface area (Å²) in [6.07, 6.45) is 3.29. The average Bonchev–Trinajstić information content (AvgIpc) is 2.28. The molecule has 1 rings (SSSR count). The highest BCUT2D eigenvalue weighted by Gasteiger charge is 2.30. The third-order valence-electron chi connectivity index (χ3n) is 1.78. The summed E-state index contributed by atoms with van der Waals surface area (Å²) in [5.41, 5.74) is 4.83. The fourth-order valence-electron chi connectivity index (χ4n) is 0.929. The third-order valence-corrected chi connectivity index (χ3v) is 3.00. The third kappa shape index (κ3) is 3.79. The first kappa shape index (κ1) is 12.9. The van der Waals surface area contributed by atoms with Crippen LogP contribution in [0.4, 0.5) is 0 Å². The summed E-state index contributed by atoms with van der Waals surface area (Å²) in [5.74, 6) is -0.0195. The summed E-state index contributed by atoms with van der Waals surface area (Å²) in [4.78, 5) is 19.5. The number of ether oxygens (including phenoxy) is 1. The first-order valence-electron chi connectivity index (χ1n) is 4.92. The zero-order valence-electron chi connectivity index (χ0n) is 9.34. The molecule has 0 aliphatic rings. The highest BCUT2D eigenvalue weighted by atomic mass is 32.2. The van der Waals surface area contributed by atoms with Crippen molar-refractivity contribution in [2.45, 2.75) is 24.5 Å². The molecule has 1 atom stereocenters. The Morgan fingerprint density at radius 3 is 2.75 bits per heavy atom. The molecule has 0 fully saturated rings. The first-order chi connectivity index (χ1) is 7.56. The number of carbonyl (C=O) groups excluding carboxylic acids is 1. The molecule has 0 aromatic carbocycles. The number of hydrogen-bond acceptors (Lipinski definition) is 6. The minimum Gasteiger partial charge on any atom is -0.465 e. The molecular formula is C10H15N3O2S. The lowest BCUT2D eigenvalue weighted by Crippen LogP contribution is -2.48. The summed E-state index contributed by atoms with van der Waals surface area (Å²) in [6.45, 7) is 3.72. The van der Waals surface area contributed by atoms with Crippen LogP contribution < -0.4 is 5.73 Å². The molecule has 0 amide bonds. The number of nitrogens with two attached hydrogens (primary N) is 1. The van der Waals surface area contributed by atoms with E-state index in [2.05, 4.69) is 9.97 Å². The lowest BCUT2D eigenvalue weighted by atomic mass is 10.1. The van der Waals surface area contributed by atoms with Crippen LogP contribution >= 0.6 is 11.8 Å². The summed E-state index contributed by atoms with van der Waals surface area (Å²) >= 11 is 1.33. The van der Waals surface area contributed by atoms with Crippen molar-refractivity contribution in [3.63, 3.8) is 0 Å². The van der Waals surface area contributed by atoms with Gasteiger partial charge in [0.15, 0.2) is 5.16 Å². The molecule has 88 valence electrons. The van der Waals surface area contributed by atoms with E-state index in [1.165, 1.54) is 11.8 Å². The molecule has 0 saturated carbocycles. The van der Waals surface area contributed by atoms with Gasteiger partial charge in [0.05, 0.1) is 6.61 Å². The monoisotopic (exact) mass is 241 g/mol. The van der Waals surface area contributed by atoms with E-state index in [1.54, 1.807) is 32.3 Å². The zero-order valence-corrected chi connectivity index (χ0v) is 10.2. The number of aromatic nitrogens is 2. The van der Waals surface area contributed by atoms with Gasteiger partial charge in [0.25, 0.3) is 0 Å². The standard InChI is InChI=1S/C10H15N3O2S/c1-3-15-8(14)10(2,11)7-16-9-12-5-4-6-13-9/h4-6H,3,7,11H2,1-2H3. The molecule has 0 bridgehead atoms. The first-order valence-corrected chi connectivity index (χ1v) is 5.90. The van der Waals surface area contributed by atoms with Crippen LogP contribution in [0.3, 0.4) is 0 Å². The van der Waals surface area contributed by atoms with Crippen LogP contribution in [0.5, 0.6) is 0 Å². The van der Waals surface area contributed by atoms with Crippen molar-refractivity contribution in [3.05, 3.63) is 18.5 Å². The molecule has 1 heterocycles. The van der Waals surface area contributed by atoms with Gasteiger partial charge in [0, 0.05) is 18.1 Å². The van der Waals surface area contributed by atoms with E-state index < -0.39 is 11.5 Å². The van der Waals surface area contributed by atoms with Crippen molar-refractivity contribution in [3.8, 4) is 0 Å². The van der Waals surface area contributed by atoms with Crippen LogP contribution in [-0.4, -0.2) is 33.8 Å². The van der Waals surface area contributed by atoms with Crippen molar-refractivity contribution >= 4 is 17.7 Å². The Balaban J connectivity index is 2.51. The number of hydrogen-bond donors (Lipinski definition) is 1. The number of thioether (sulfide) groups is 1. The molecule has 1 aromatic heterocycles. The molecule has 0 saturated heterocycles. The summed E-state index contributed by atoms with van der Waals surface area (Å²) in [5, 5.41) is 0.600.